The first-order valence-corrected chi connectivity index (χ1v) is 5.94. The lowest BCUT2D eigenvalue weighted by Gasteiger charge is -2.25. The highest BCUT2D eigenvalue weighted by Gasteiger charge is 2.58. The molecule has 0 unspecified atom stereocenters. The number of nitrogens with zero attached hydrogens (tertiary/aromatic N) is 2. The number of hydrogen-bond donors (Lipinski definition) is 0. The molecule has 0 atom stereocenters. The highest BCUT2D eigenvalue weighted by atomic mass is 79.9. The van der Waals surface area contributed by atoms with Crippen LogP contribution in [-0.2, 0) is 4.79 Å². The van der Waals surface area contributed by atoms with Crippen molar-refractivity contribution in [2.75, 3.05) is 5.33 Å². The summed E-state index contributed by atoms with van der Waals surface area (Å²) in [5, 5.41) is 21.7. The van der Waals surface area contributed by atoms with Crippen molar-refractivity contribution in [3.8, 4) is 0 Å². The van der Waals surface area contributed by atoms with Gasteiger partial charge in [0.1, 0.15) is 5.78 Å². The van der Waals surface area contributed by atoms with E-state index in [1.165, 1.54) is 0 Å². The van der Waals surface area contributed by atoms with Gasteiger partial charge in [0.2, 0.25) is 0 Å². The molecule has 1 aliphatic carbocycles. The van der Waals surface area contributed by atoms with Crippen molar-refractivity contribution in [3.63, 3.8) is 0 Å². The first-order valence-electron chi connectivity index (χ1n) is 4.81. The van der Waals surface area contributed by atoms with Crippen LogP contribution >= 0.6 is 15.9 Å². The Morgan fingerprint density at radius 1 is 1.25 bits per heavy atom. The lowest BCUT2D eigenvalue weighted by molar-refractivity contribution is -0.800. The Morgan fingerprint density at radius 3 is 2.00 bits per heavy atom. The summed E-state index contributed by atoms with van der Waals surface area (Å²) in [6.45, 7) is 0. The summed E-state index contributed by atoms with van der Waals surface area (Å²) in [6.07, 6.45) is 0.0889. The maximum Gasteiger partial charge on any atom is 0.458 e. The maximum absolute atomic E-state index is 11.3. The average Bonchev–Trinajstić information content (AvgIpc) is 2.27. The third-order valence-corrected chi connectivity index (χ3v) is 3.61. The minimum Gasteiger partial charge on any atom is -0.298 e. The van der Waals surface area contributed by atoms with E-state index in [1.807, 2.05) is 0 Å². The van der Waals surface area contributed by atoms with Crippen molar-refractivity contribution >= 4 is 21.7 Å². The third-order valence-electron chi connectivity index (χ3n) is 3.05. The summed E-state index contributed by atoms with van der Waals surface area (Å²) in [5.41, 5.74) is -2.08. The van der Waals surface area contributed by atoms with Crippen LogP contribution in [-0.4, -0.2) is 26.6 Å². The number of Topliss-reactive ketones (excluding diaryl/α,β-unsaturated/α-hetero) is 1. The van der Waals surface area contributed by atoms with Crippen molar-refractivity contribution in [2.24, 2.45) is 5.92 Å². The van der Waals surface area contributed by atoms with Crippen LogP contribution in [0.5, 0.6) is 0 Å². The summed E-state index contributed by atoms with van der Waals surface area (Å²) in [6, 6.07) is 0. The second-order valence-electron chi connectivity index (χ2n) is 3.87. The van der Waals surface area contributed by atoms with Gasteiger partial charge in [0, 0.05) is 5.92 Å². The van der Waals surface area contributed by atoms with Crippen LogP contribution in [0, 0.1) is 26.1 Å². The van der Waals surface area contributed by atoms with Crippen molar-refractivity contribution < 1.29 is 14.6 Å². The minimum absolute atomic E-state index is 0.0414. The van der Waals surface area contributed by atoms with E-state index in [0.29, 0.717) is 0 Å². The number of carbonyl (C=O) groups is 1. The van der Waals surface area contributed by atoms with E-state index < -0.39 is 15.5 Å². The first kappa shape index (κ1) is 13.0. The summed E-state index contributed by atoms with van der Waals surface area (Å²) < 4.78 is 0. The second-order valence-corrected chi connectivity index (χ2v) is 4.43. The zero-order valence-electron chi connectivity index (χ0n) is 8.43. The highest BCUT2D eigenvalue weighted by Crippen LogP contribution is 2.35. The number of alkyl halides is 1. The molecule has 0 N–H and O–H groups in total. The standard InChI is InChI=1S/C8H11BrN2O5/c9-5-7(12)6-1-3-8(4-2-6,10(13)14)11(15)16/h6H,1-5H2. The van der Waals surface area contributed by atoms with E-state index in [2.05, 4.69) is 15.9 Å². The van der Waals surface area contributed by atoms with Crippen molar-refractivity contribution in [2.45, 2.75) is 31.3 Å². The van der Waals surface area contributed by atoms with Gasteiger partial charge in [-0.25, -0.2) is 0 Å². The van der Waals surface area contributed by atoms with Gasteiger partial charge in [-0.3, -0.25) is 25.0 Å². The van der Waals surface area contributed by atoms with Gasteiger partial charge < -0.3 is 0 Å². The molecule has 1 rings (SSSR count). The average molecular weight is 295 g/mol. The Labute approximate surface area is 99.6 Å². The van der Waals surface area contributed by atoms with E-state index in [0.717, 1.165) is 0 Å². The van der Waals surface area contributed by atoms with E-state index >= 15 is 0 Å². The smallest absolute Gasteiger partial charge is 0.298 e. The van der Waals surface area contributed by atoms with Crippen molar-refractivity contribution in [1.29, 1.82) is 0 Å². The van der Waals surface area contributed by atoms with Gasteiger partial charge in [0.25, 0.3) is 0 Å². The molecule has 8 heteroatoms. The van der Waals surface area contributed by atoms with Gasteiger partial charge in [0.15, 0.2) is 0 Å². The first-order chi connectivity index (χ1) is 7.44. The van der Waals surface area contributed by atoms with E-state index in [9.17, 15) is 25.0 Å². The minimum atomic E-state index is -2.08. The molecule has 0 saturated heterocycles. The Balaban J connectivity index is 2.75. The van der Waals surface area contributed by atoms with Crippen LogP contribution in [0.1, 0.15) is 25.7 Å². The third kappa shape index (κ3) is 2.21. The molecule has 0 aromatic carbocycles. The Bertz CT molecular complexity index is 308. The van der Waals surface area contributed by atoms with Gasteiger partial charge >= 0.3 is 5.66 Å². The van der Waals surface area contributed by atoms with Gasteiger partial charge in [-0.2, -0.15) is 0 Å². The monoisotopic (exact) mass is 294 g/mol. The van der Waals surface area contributed by atoms with Gasteiger partial charge in [-0.1, -0.05) is 15.9 Å². The van der Waals surface area contributed by atoms with Crippen molar-refractivity contribution in [3.05, 3.63) is 20.2 Å². The predicted octanol–water partition coefficient (Wildman–Crippen LogP) is 1.39. The lowest BCUT2D eigenvalue weighted by Crippen LogP contribution is -2.49. The number of nitro groups is 2. The summed E-state index contributed by atoms with van der Waals surface area (Å²) in [7, 11) is 0. The SMILES string of the molecule is O=C(CBr)C1CCC([N+](=O)[O-])([N+](=O)[O-])CC1. The highest BCUT2D eigenvalue weighted by molar-refractivity contribution is 9.09. The van der Waals surface area contributed by atoms with Crippen LogP contribution < -0.4 is 0 Å². The molecule has 0 bridgehead atoms. The molecule has 0 aliphatic heterocycles. The molecule has 1 saturated carbocycles. The second kappa shape index (κ2) is 4.86. The number of halogens is 1. The fourth-order valence-corrected chi connectivity index (χ4v) is 2.40. The molecule has 0 heterocycles. The molecule has 0 spiro atoms. The maximum atomic E-state index is 11.3. The number of ketones is 1. The molecule has 0 radical (unpaired) electrons. The van der Waals surface area contributed by atoms with Gasteiger partial charge in [0.05, 0.1) is 28.0 Å². The zero-order valence-corrected chi connectivity index (χ0v) is 10.0. The summed E-state index contributed by atoms with van der Waals surface area (Å²) in [5.74, 6) is -0.326. The predicted molar refractivity (Wildman–Crippen MR) is 57.5 cm³/mol. The number of carbonyl (C=O) groups excluding carboxylic acids is 1. The van der Waals surface area contributed by atoms with Crippen LogP contribution in [0.25, 0.3) is 0 Å². The Kier molecular flexibility index (Phi) is 3.95. The molecule has 0 aromatic heterocycles. The quantitative estimate of drug-likeness (QED) is 0.337. The topological polar surface area (TPSA) is 103 Å². The number of hydrogen-bond acceptors (Lipinski definition) is 5. The molecule has 7 nitrogen and oxygen atoms in total. The molecule has 1 aliphatic rings. The fourth-order valence-electron chi connectivity index (χ4n) is 1.94. The van der Waals surface area contributed by atoms with Crippen LogP contribution in [0.2, 0.25) is 0 Å². The van der Waals surface area contributed by atoms with Gasteiger partial charge in [-0.05, 0) is 12.8 Å². The number of rotatable bonds is 4. The van der Waals surface area contributed by atoms with E-state index in [-0.39, 0.29) is 42.7 Å². The molecule has 1 fully saturated rings. The Hall–Kier alpha value is -1.05. The molecular formula is C8H11BrN2O5. The van der Waals surface area contributed by atoms with Gasteiger partial charge in [-0.15, -0.1) is 0 Å². The molecule has 0 amide bonds. The lowest BCUT2D eigenvalue weighted by atomic mass is 9.80. The fraction of sp³-hybridized carbons (Fsp3) is 0.875. The molecular weight excluding hydrogens is 284 g/mol. The largest absolute Gasteiger partial charge is 0.458 e. The summed E-state index contributed by atoms with van der Waals surface area (Å²) >= 11 is 3.02. The normalized spacial score (nSPS) is 20.3. The summed E-state index contributed by atoms with van der Waals surface area (Å²) in [4.78, 5) is 31.1. The zero-order chi connectivity index (χ0) is 12.3. The van der Waals surface area contributed by atoms with Crippen LogP contribution in [0.15, 0.2) is 0 Å². The van der Waals surface area contributed by atoms with Crippen LogP contribution in [0.4, 0.5) is 0 Å². The molecule has 16 heavy (non-hydrogen) atoms. The molecule has 0 aromatic rings. The molecule has 90 valence electrons. The van der Waals surface area contributed by atoms with Crippen molar-refractivity contribution in [1.82, 2.24) is 0 Å². The van der Waals surface area contributed by atoms with E-state index in [4.69, 9.17) is 0 Å². The Morgan fingerprint density at radius 2 is 1.69 bits per heavy atom. The van der Waals surface area contributed by atoms with Crippen LogP contribution in [0.3, 0.4) is 0 Å². The van der Waals surface area contributed by atoms with E-state index in [1.54, 1.807) is 0 Å².